The summed E-state index contributed by atoms with van der Waals surface area (Å²) in [6.45, 7) is 2.60. The van der Waals surface area contributed by atoms with Crippen molar-refractivity contribution in [2.75, 3.05) is 17.7 Å². The molecule has 1 saturated heterocycles. The number of carbonyl (C=O) groups is 1. The summed E-state index contributed by atoms with van der Waals surface area (Å²) in [6.07, 6.45) is 6.30. The van der Waals surface area contributed by atoms with Gasteiger partial charge in [-0.3, -0.25) is 4.79 Å². The molecule has 0 aliphatic carbocycles. The van der Waals surface area contributed by atoms with Crippen LogP contribution in [-0.2, 0) is 9.84 Å². The van der Waals surface area contributed by atoms with Crippen LogP contribution in [0.25, 0.3) is 0 Å². The van der Waals surface area contributed by atoms with Crippen molar-refractivity contribution in [3.63, 3.8) is 0 Å². The number of halogens is 1. The lowest BCUT2D eigenvalue weighted by Crippen LogP contribution is -2.32. The van der Waals surface area contributed by atoms with Crippen molar-refractivity contribution in [1.82, 2.24) is 10.3 Å². The highest BCUT2D eigenvalue weighted by Gasteiger charge is 2.28. The average molecular weight is 434 g/mol. The van der Waals surface area contributed by atoms with Crippen molar-refractivity contribution in [2.24, 2.45) is 0 Å². The molecular weight excluding hydrogens is 410 g/mol. The van der Waals surface area contributed by atoms with Crippen molar-refractivity contribution in [3.8, 4) is 0 Å². The van der Waals surface area contributed by atoms with Crippen molar-refractivity contribution < 1.29 is 13.2 Å². The Morgan fingerprint density at radius 2 is 2.07 bits per heavy atom. The number of hydrogen-bond donors (Lipinski definition) is 1. The van der Waals surface area contributed by atoms with Gasteiger partial charge in [-0.25, -0.2) is 13.4 Å². The van der Waals surface area contributed by atoms with E-state index in [0.717, 1.165) is 47.3 Å². The van der Waals surface area contributed by atoms with Gasteiger partial charge in [0.1, 0.15) is 5.69 Å². The minimum absolute atomic E-state index is 0.186. The number of carbonyl (C=O) groups excluding carboxylic acids is 1. The van der Waals surface area contributed by atoms with Gasteiger partial charge < -0.3 is 10.2 Å². The third kappa shape index (κ3) is 5.58. The Balaban J connectivity index is 1.70. The van der Waals surface area contributed by atoms with Gasteiger partial charge in [-0.15, -0.1) is 0 Å². The number of anilines is 1. The first-order valence-corrected chi connectivity index (χ1v) is 11.7. The van der Waals surface area contributed by atoms with Crippen LogP contribution in [0.5, 0.6) is 0 Å². The van der Waals surface area contributed by atoms with E-state index in [4.69, 9.17) is 11.6 Å². The molecule has 1 aliphatic heterocycles. The number of nitrogens with zero attached hydrogens (tertiary/aromatic N) is 2. The van der Waals surface area contributed by atoms with E-state index >= 15 is 0 Å². The van der Waals surface area contributed by atoms with E-state index in [0.29, 0.717) is 0 Å². The largest absolute Gasteiger partial charge is 0.363 e. The maximum Gasteiger partial charge on any atom is 0.270 e. The number of hydrogen-bond acceptors (Lipinski definition) is 5. The van der Waals surface area contributed by atoms with Crippen LogP contribution in [0.15, 0.2) is 54.1 Å². The van der Waals surface area contributed by atoms with Crippen molar-refractivity contribution in [1.29, 1.82) is 0 Å². The second-order valence-electron chi connectivity index (χ2n) is 7.19. The monoisotopic (exact) mass is 433 g/mol. The maximum absolute atomic E-state index is 12.4. The molecule has 2 aromatic rings. The molecule has 29 heavy (non-hydrogen) atoms. The Hall–Kier alpha value is -2.38. The second-order valence-corrected chi connectivity index (χ2v) is 9.53. The Kier molecular flexibility index (Phi) is 6.59. The van der Waals surface area contributed by atoms with E-state index in [1.54, 1.807) is 19.2 Å². The number of nitrogens with one attached hydrogen (secondary N) is 1. The smallest absolute Gasteiger partial charge is 0.270 e. The first-order chi connectivity index (χ1) is 13.7. The van der Waals surface area contributed by atoms with Crippen molar-refractivity contribution >= 4 is 33.0 Å². The van der Waals surface area contributed by atoms with Crippen molar-refractivity contribution in [3.05, 3.63) is 70.4 Å². The zero-order chi connectivity index (χ0) is 21.0. The molecule has 1 amide bonds. The van der Waals surface area contributed by atoms with Gasteiger partial charge in [0, 0.05) is 29.3 Å². The number of benzene rings is 1. The van der Waals surface area contributed by atoms with Gasteiger partial charge in [-0.05, 0) is 43.5 Å². The molecule has 0 saturated carbocycles. The third-order valence-electron chi connectivity index (χ3n) is 4.80. The minimum Gasteiger partial charge on any atom is -0.363 e. The summed E-state index contributed by atoms with van der Waals surface area (Å²) in [7, 11) is -3.23. The molecule has 1 N–H and O–H groups in total. The van der Waals surface area contributed by atoms with Crippen LogP contribution >= 0.6 is 11.6 Å². The maximum atomic E-state index is 12.4. The second kappa shape index (κ2) is 8.97. The van der Waals surface area contributed by atoms with Crippen LogP contribution in [0.3, 0.4) is 0 Å². The fraction of sp³-hybridized carbons (Fsp3) is 0.333. The standard InChI is InChI=1S/C21H24ClN3O3S/c1-15(11-13-29(2,27)28)24-21(26)19-10-9-16(14-23-19)25-12-5-8-20(25)17-6-3-4-7-18(17)22/h3-4,6-7,9-11,13-15,20H,5,8,12H2,1-2H3,(H,24,26)/b13-11+/t15-,20+/m1/s1. The molecule has 0 bridgehead atoms. The summed E-state index contributed by atoms with van der Waals surface area (Å²) in [6, 6.07) is 11.2. The Labute approximate surface area is 176 Å². The lowest BCUT2D eigenvalue weighted by molar-refractivity contribution is 0.0942. The van der Waals surface area contributed by atoms with E-state index < -0.39 is 15.9 Å². The Bertz CT molecular complexity index is 1010. The molecule has 2 atom stereocenters. The van der Waals surface area contributed by atoms with E-state index in [2.05, 4.69) is 15.2 Å². The number of aromatic nitrogens is 1. The first kappa shape index (κ1) is 21.3. The fourth-order valence-electron chi connectivity index (χ4n) is 3.42. The van der Waals surface area contributed by atoms with Gasteiger partial charge in [0.25, 0.3) is 5.91 Å². The molecule has 0 radical (unpaired) electrons. The predicted molar refractivity (Wildman–Crippen MR) is 116 cm³/mol. The lowest BCUT2D eigenvalue weighted by Gasteiger charge is -2.27. The highest BCUT2D eigenvalue weighted by atomic mass is 35.5. The van der Waals surface area contributed by atoms with E-state index in [9.17, 15) is 13.2 Å². The molecule has 8 heteroatoms. The van der Waals surface area contributed by atoms with Crippen LogP contribution in [0.1, 0.15) is 41.9 Å². The summed E-state index contributed by atoms with van der Waals surface area (Å²) in [5.74, 6) is -0.355. The fourth-order valence-corrected chi connectivity index (χ4v) is 4.21. The van der Waals surface area contributed by atoms with Crippen LogP contribution in [0.4, 0.5) is 5.69 Å². The first-order valence-electron chi connectivity index (χ1n) is 9.41. The Morgan fingerprint density at radius 3 is 2.72 bits per heavy atom. The third-order valence-corrected chi connectivity index (χ3v) is 5.80. The van der Waals surface area contributed by atoms with Gasteiger partial charge in [0.15, 0.2) is 9.84 Å². The Morgan fingerprint density at radius 1 is 1.31 bits per heavy atom. The van der Waals surface area contributed by atoms with E-state index in [-0.39, 0.29) is 17.6 Å². The molecule has 1 aliphatic rings. The summed E-state index contributed by atoms with van der Waals surface area (Å²) >= 11 is 6.39. The molecule has 1 aromatic heterocycles. The molecule has 0 unspecified atom stereocenters. The van der Waals surface area contributed by atoms with Gasteiger partial charge in [-0.1, -0.05) is 35.9 Å². The molecular formula is C21H24ClN3O3S. The summed E-state index contributed by atoms with van der Waals surface area (Å²) < 4.78 is 22.4. The molecule has 6 nitrogen and oxygen atoms in total. The summed E-state index contributed by atoms with van der Waals surface area (Å²) in [5.41, 5.74) is 2.32. The average Bonchev–Trinajstić information content (AvgIpc) is 3.16. The number of rotatable bonds is 6. The number of sulfone groups is 1. The quantitative estimate of drug-likeness (QED) is 0.750. The molecule has 0 spiro atoms. The van der Waals surface area contributed by atoms with E-state index in [1.807, 2.05) is 30.3 Å². The summed E-state index contributed by atoms with van der Waals surface area (Å²) in [5, 5.41) is 4.55. The minimum atomic E-state index is -3.23. The van der Waals surface area contributed by atoms with Crippen LogP contribution < -0.4 is 10.2 Å². The summed E-state index contributed by atoms with van der Waals surface area (Å²) in [4.78, 5) is 18.9. The molecule has 154 valence electrons. The predicted octanol–water partition coefficient (Wildman–Crippen LogP) is 3.75. The molecule has 3 rings (SSSR count). The van der Waals surface area contributed by atoms with Gasteiger partial charge in [0.05, 0.1) is 17.9 Å². The molecule has 2 heterocycles. The van der Waals surface area contributed by atoms with Crippen LogP contribution in [-0.4, -0.2) is 38.2 Å². The van der Waals surface area contributed by atoms with E-state index in [1.165, 1.54) is 6.08 Å². The highest BCUT2D eigenvalue weighted by Crippen LogP contribution is 2.38. The van der Waals surface area contributed by atoms with Crippen LogP contribution in [0, 0.1) is 0 Å². The highest BCUT2D eigenvalue weighted by molar-refractivity contribution is 7.93. The zero-order valence-electron chi connectivity index (χ0n) is 16.4. The van der Waals surface area contributed by atoms with Gasteiger partial charge in [-0.2, -0.15) is 0 Å². The van der Waals surface area contributed by atoms with Crippen molar-refractivity contribution in [2.45, 2.75) is 31.8 Å². The molecule has 1 fully saturated rings. The molecule has 1 aromatic carbocycles. The topological polar surface area (TPSA) is 79.4 Å². The normalized spacial score (nSPS) is 18.2. The number of pyridine rings is 1. The van der Waals surface area contributed by atoms with Crippen LogP contribution in [0.2, 0.25) is 5.02 Å². The van der Waals surface area contributed by atoms with Gasteiger partial charge >= 0.3 is 0 Å². The SMILES string of the molecule is C[C@H](/C=C/S(C)(=O)=O)NC(=O)c1ccc(N2CCC[C@H]2c2ccccc2Cl)cn1. The lowest BCUT2D eigenvalue weighted by atomic mass is 10.0. The number of amides is 1. The zero-order valence-corrected chi connectivity index (χ0v) is 17.9. The van der Waals surface area contributed by atoms with Gasteiger partial charge in [0.2, 0.25) is 0 Å².